The summed E-state index contributed by atoms with van der Waals surface area (Å²) in [6, 6.07) is 9.36. The molecule has 1 aliphatic heterocycles. The van der Waals surface area contributed by atoms with Crippen LogP contribution in [-0.2, 0) is 22.7 Å². The number of hydrogen-bond acceptors (Lipinski definition) is 5. The van der Waals surface area contributed by atoms with Gasteiger partial charge in [0.25, 0.3) is 0 Å². The fourth-order valence-corrected chi connectivity index (χ4v) is 4.12. The predicted octanol–water partition coefficient (Wildman–Crippen LogP) is 5.53. The number of unbranched alkanes of at least 4 members (excludes halogenated alkanes) is 5. The highest BCUT2D eigenvalue weighted by Gasteiger charge is 2.23. The van der Waals surface area contributed by atoms with E-state index < -0.39 is 0 Å². The summed E-state index contributed by atoms with van der Waals surface area (Å²) in [5.41, 5.74) is 0.935. The fourth-order valence-electron chi connectivity index (χ4n) is 4.12. The molecule has 2 heterocycles. The third-order valence-corrected chi connectivity index (χ3v) is 6.01. The molecule has 1 aliphatic rings. The molecule has 0 spiro atoms. The van der Waals surface area contributed by atoms with Crippen LogP contribution >= 0.6 is 0 Å². The van der Waals surface area contributed by atoms with Gasteiger partial charge in [-0.05, 0) is 42.7 Å². The van der Waals surface area contributed by atoms with Crippen LogP contribution in [0.5, 0.6) is 11.5 Å². The highest BCUT2D eigenvalue weighted by atomic mass is 16.7. The van der Waals surface area contributed by atoms with Crippen LogP contribution in [0.15, 0.2) is 41.0 Å². The first-order chi connectivity index (χ1) is 16.6. The van der Waals surface area contributed by atoms with E-state index in [2.05, 4.69) is 6.92 Å². The summed E-state index contributed by atoms with van der Waals surface area (Å²) in [5.74, 6) is 2.06. The molecule has 2 amide bonds. The van der Waals surface area contributed by atoms with Crippen molar-refractivity contribution in [3.05, 3.63) is 47.9 Å². The minimum Gasteiger partial charge on any atom is -0.467 e. The molecule has 186 valence electrons. The molecule has 0 atom stereocenters. The number of ether oxygens (including phenoxy) is 2. The summed E-state index contributed by atoms with van der Waals surface area (Å²) >= 11 is 0. The Hall–Kier alpha value is -2.96. The number of rotatable bonds is 15. The first-order valence-electron chi connectivity index (χ1n) is 12.6. The predicted molar refractivity (Wildman–Crippen MR) is 130 cm³/mol. The lowest BCUT2D eigenvalue weighted by Gasteiger charge is -2.27. The normalized spacial score (nSPS) is 12.1. The Bertz CT molecular complexity index is 896. The summed E-state index contributed by atoms with van der Waals surface area (Å²) in [6.45, 7) is 5.83. The highest BCUT2D eigenvalue weighted by Crippen LogP contribution is 2.33. The summed E-state index contributed by atoms with van der Waals surface area (Å²) in [5, 5.41) is 0. The number of carbonyl (C=O) groups excluding carboxylic acids is 2. The Labute approximate surface area is 203 Å². The summed E-state index contributed by atoms with van der Waals surface area (Å²) in [4.78, 5) is 29.7. The molecule has 1 aromatic heterocycles. The van der Waals surface area contributed by atoms with Crippen molar-refractivity contribution in [1.82, 2.24) is 9.80 Å². The molecule has 0 fully saturated rings. The zero-order valence-corrected chi connectivity index (χ0v) is 20.6. The molecule has 0 bridgehead atoms. The van der Waals surface area contributed by atoms with E-state index in [9.17, 15) is 9.59 Å². The third-order valence-electron chi connectivity index (χ3n) is 6.01. The van der Waals surface area contributed by atoms with Gasteiger partial charge in [0.15, 0.2) is 11.5 Å². The van der Waals surface area contributed by atoms with Crippen LogP contribution in [0.2, 0.25) is 0 Å². The van der Waals surface area contributed by atoms with Crippen LogP contribution < -0.4 is 9.47 Å². The van der Waals surface area contributed by atoms with Crippen LogP contribution in [-0.4, -0.2) is 41.5 Å². The van der Waals surface area contributed by atoms with Gasteiger partial charge >= 0.3 is 0 Å². The van der Waals surface area contributed by atoms with Crippen molar-refractivity contribution >= 4 is 11.8 Å². The van der Waals surface area contributed by atoms with Crippen molar-refractivity contribution in [3.63, 3.8) is 0 Å². The van der Waals surface area contributed by atoms with Crippen molar-refractivity contribution in [3.8, 4) is 11.5 Å². The van der Waals surface area contributed by atoms with E-state index >= 15 is 0 Å². The molecule has 1 aromatic carbocycles. The first-order valence-corrected chi connectivity index (χ1v) is 12.6. The Morgan fingerprint density at radius 2 is 1.65 bits per heavy atom. The number of amides is 2. The number of benzene rings is 1. The Morgan fingerprint density at radius 3 is 2.41 bits per heavy atom. The maximum Gasteiger partial charge on any atom is 0.242 e. The standard InChI is InChI=1S/C27H38N2O5/c1-3-5-6-7-8-9-12-26(30)28(15-4-2)20-27(31)29(19-23-11-10-16-32-23)18-22-13-14-24-25(17-22)34-21-33-24/h10-11,13-14,16-17H,3-9,12,15,18-21H2,1-2H3. The SMILES string of the molecule is CCCCCCCCC(=O)N(CCC)CC(=O)N(Cc1ccc2c(c1)OCO2)Cc1ccco1. The zero-order chi connectivity index (χ0) is 24.2. The monoisotopic (exact) mass is 470 g/mol. The van der Waals surface area contributed by atoms with Gasteiger partial charge in [-0.15, -0.1) is 0 Å². The van der Waals surface area contributed by atoms with Crippen LogP contribution in [0.1, 0.15) is 76.5 Å². The number of hydrogen-bond donors (Lipinski definition) is 0. The molecule has 7 nitrogen and oxygen atoms in total. The molecule has 7 heteroatoms. The minimum absolute atomic E-state index is 0.0618. The van der Waals surface area contributed by atoms with Gasteiger partial charge in [-0.2, -0.15) is 0 Å². The van der Waals surface area contributed by atoms with Crippen LogP contribution in [0.3, 0.4) is 0 Å². The van der Waals surface area contributed by atoms with E-state index in [1.165, 1.54) is 25.7 Å². The number of fused-ring (bicyclic) bond motifs is 1. The molecule has 3 rings (SSSR count). The molecule has 0 unspecified atom stereocenters. The maximum atomic E-state index is 13.4. The Morgan fingerprint density at radius 1 is 0.853 bits per heavy atom. The fraction of sp³-hybridized carbons (Fsp3) is 0.556. The minimum atomic E-state index is -0.0983. The molecule has 2 aromatic rings. The smallest absolute Gasteiger partial charge is 0.242 e. The van der Waals surface area contributed by atoms with Crippen molar-refractivity contribution < 1.29 is 23.5 Å². The molecule has 0 aliphatic carbocycles. The van der Waals surface area contributed by atoms with Gasteiger partial charge in [0.2, 0.25) is 18.6 Å². The van der Waals surface area contributed by atoms with E-state index in [4.69, 9.17) is 13.9 Å². The molecule has 0 saturated heterocycles. The van der Waals surface area contributed by atoms with E-state index in [-0.39, 0.29) is 25.2 Å². The second kappa shape index (κ2) is 13.7. The lowest BCUT2D eigenvalue weighted by atomic mass is 10.1. The van der Waals surface area contributed by atoms with Crippen LogP contribution in [0.25, 0.3) is 0 Å². The van der Waals surface area contributed by atoms with E-state index in [1.807, 2.05) is 37.3 Å². The van der Waals surface area contributed by atoms with Gasteiger partial charge in [-0.1, -0.05) is 52.0 Å². The average molecular weight is 471 g/mol. The van der Waals surface area contributed by atoms with Gasteiger partial charge in [-0.3, -0.25) is 9.59 Å². The van der Waals surface area contributed by atoms with Gasteiger partial charge in [0.05, 0.1) is 19.4 Å². The lowest BCUT2D eigenvalue weighted by molar-refractivity contribution is -0.141. The molecule has 0 N–H and O–H groups in total. The molecular formula is C27H38N2O5. The zero-order valence-electron chi connectivity index (χ0n) is 20.6. The maximum absolute atomic E-state index is 13.4. The van der Waals surface area contributed by atoms with Gasteiger partial charge in [-0.25, -0.2) is 0 Å². The quantitative estimate of drug-likeness (QED) is 0.320. The van der Waals surface area contributed by atoms with Gasteiger partial charge in [0.1, 0.15) is 5.76 Å². The summed E-state index contributed by atoms with van der Waals surface area (Å²) in [6.07, 6.45) is 9.72. The van der Waals surface area contributed by atoms with Gasteiger partial charge < -0.3 is 23.7 Å². The summed E-state index contributed by atoms with van der Waals surface area (Å²) < 4.78 is 16.4. The number of nitrogens with zero attached hydrogens (tertiary/aromatic N) is 2. The van der Waals surface area contributed by atoms with E-state index in [0.29, 0.717) is 43.3 Å². The number of furan rings is 1. The second-order valence-electron chi connectivity index (χ2n) is 8.85. The van der Waals surface area contributed by atoms with Crippen molar-refractivity contribution in [2.24, 2.45) is 0 Å². The lowest BCUT2D eigenvalue weighted by Crippen LogP contribution is -2.42. The highest BCUT2D eigenvalue weighted by molar-refractivity contribution is 5.84. The third kappa shape index (κ3) is 7.82. The second-order valence-corrected chi connectivity index (χ2v) is 8.85. The Kier molecular flexibility index (Phi) is 10.3. The Balaban J connectivity index is 1.61. The average Bonchev–Trinajstić information content (AvgIpc) is 3.52. The van der Waals surface area contributed by atoms with Crippen molar-refractivity contribution in [1.29, 1.82) is 0 Å². The van der Waals surface area contributed by atoms with Crippen LogP contribution in [0.4, 0.5) is 0 Å². The van der Waals surface area contributed by atoms with Gasteiger partial charge in [0, 0.05) is 19.5 Å². The number of carbonyl (C=O) groups is 2. The van der Waals surface area contributed by atoms with Crippen LogP contribution in [0, 0.1) is 0 Å². The first kappa shape index (κ1) is 25.7. The topological polar surface area (TPSA) is 72.2 Å². The van der Waals surface area contributed by atoms with E-state index in [0.717, 1.165) is 24.8 Å². The van der Waals surface area contributed by atoms with Crippen molar-refractivity contribution in [2.75, 3.05) is 19.9 Å². The largest absolute Gasteiger partial charge is 0.467 e. The molecule has 34 heavy (non-hydrogen) atoms. The molecule has 0 saturated carbocycles. The molecule has 0 radical (unpaired) electrons. The van der Waals surface area contributed by atoms with E-state index in [1.54, 1.807) is 16.1 Å². The van der Waals surface area contributed by atoms with Crippen molar-refractivity contribution in [2.45, 2.75) is 78.3 Å². The summed E-state index contributed by atoms with van der Waals surface area (Å²) in [7, 11) is 0. The molecular weight excluding hydrogens is 432 g/mol.